The molecule has 2 aromatic heterocycles. The summed E-state index contributed by atoms with van der Waals surface area (Å²) in [7, 11) is 0. The monoisotopic (exact) mass is 303 g/mol. The van der Waals surface area contributed by atoms with E-state index in [1.807, 2.05) is 30.3 Å². The number of rotatable bonds is 5. The average molecular weight is 303 g/mol. The number of nitrogens with one attached hydrogen (secondary N) is 1. The molecule has 0 bridgehead atoms. The van der Waals surface area contributed by atoms with Crippen molar-refractivity contribution in [1.29, 1.82) is 0 Å². The molecule has 0 amide bonds. The van der Waals surface area contributed by atoms with E-state index in [9.17, 15) is 8.78 Å². The van der Waals surface area contributed by atoms with Crippen LogP contribution in [0.25, 0.3) is 11.5 Å². The first-order chi connectivity index (χ1) is 10.7. The lowest BCUT2D eigenvalue weighted by Crippen LogP contribution is -2.03. The highest BCUT2D eigenvalue weighted by atomic mass is 19.3. The fourth-order valence-corrected chi connectivity index (χ4v) is 1.75. The summed E-state index contributed by atoms with van der Waals surface area (Å²) in [5.41, 5.74) is 1.47. The molecule has 1 aromatic carbocycles. The maximum absolute atomic E-state index is 12.4. The second-order valence-electron chi connectivity index (χ2n) is 4.38. The van der Waals surface area contributed by atoms with Gasteiger partial charge in [0.1, 0.15) is 0 Å². The first-order valence-corrected chi connectivity index (χ1v) is 6.44. The van der Waals surface area contributed by atoms with Gasteiger partial charge >= 0.3 is 6.43 Å². The third kappa shape index (κ3) is 3.22. The SMILES string of the molecule is FC(F)c1nnc(-c2cnc(NCc3ccccc3)nc2)o1. The molecule has 0 atom stereocenters. The van der Waals surface area contributed by atoms with Gasteiger partial charge in [0.15, 0.2) is 0 Å². The standard InChI is InChI=1S/C14H11F2N5O/c15-11(16)13-21-20-12(22-13)10-7-18-14(19-8-10)17-6-9-4-2-1-3-5-9/h1-5,7-8,11H,6H2,(H,17,18,19). The molecule has 0 unspecified atom stereocenters. The number of anilines is 1. The van der Waals surface area contributed by atoms with Crippen molar-refractivity contribution < 1.29 is 13.2 Å². The minimum absolute atomic E-state index is 0.0371. The highest BCUT2D eigenvalue weighted by Crippen LogP contribution is 2.22. The fourth-order valence-electron chi connectivity index (χ4n) is 1.75. The lowest BCUT2D eigenvalue weighted by molar-refractivity contribution is 0.116. The summed E-state index contributed by atoms with van der Waals surface area (Å²) in [5, 5.41) is 9.84. The highest BCUT2D eigenvalue weighted by molar-refractivity contribution is 5.50. The van der Waals surface area contributed by atoms with E-state index in [1.165, 1.54) is 12.4 Å². The summed E-state index contributed by atoms with van der Waals surface area (Å²) < 4.78 is 29.6. The Morgan fingerprint density at radius 1 is 1.05 bits per heavy atom. The van der Waals surface area contributed by atoms with Crippen LogP contribution < -0.4 is 5.32 Å². The van der Waals surface area contributed by atoms with Gasteiger partial charge in [-0.05, 0) is 5.56 Å². The molecule has 3 aromatic rings. The van der Waals surface area contributed by atoms with Crippen LogP contribution >= 0.6 is 0 Å². The van der Waals surface area contributed by atoms with Gasteiger partial charge in [0.05, 0.1) is 5.56 Å². The van der Waals surface area contributed by atoms with E-state index < -0.39 is 12.3 Å². The summed E-state index contributed by atoms with van der Waals surface area (Å²) in [5.74, 6) is -0.340. The smallest absolute Gasteiger partial charge is 0.314 e. The van der Waals surface area contributed by atoms with Crippen molar-refractivity contribution in [2.45, 2.75) is 13.0 Å². The Kier molecular flexibility index (Phi) is 3.99. The second kappa shape index (κ2) is 6.25. The van der Waals surface area contributed by atoms with E-state index in [0.717, 1.165) is 5.56 Å². The quantitative estimate of drug-likeness (QED) is 0.780. The van der Waals surface area contributed by atoms with E-state index in [1.54, 1.807) is 0 Å². The Labute approximate surface area is 124 Å². The molecular weight excluding hydrogens is 292 g/mol. The molecule has 0 radical (unpaired) electrons. The highest BCUT2D eigenvalue weighted by Gasteiger charge is 2.17. The van der Waals surface area contributed by atoms with Gasteiger partial charge < -0.3 is 9.73 Å². The maximum Gasteiger partial charge on any atom is 0.314 e. The van der Waals surface area contributed by atoms with Crippen molar-refractivity contribution in [2.75, 3.05) is 5.32 Å². The molecule has 0 aliphatic rings. The van der Waals surface area contributed by atoms with Crippen LogP contribution in [0.2, 0.25) is 0 Å². The van der Waals surface area contributed by atoms with Crippen LogP contribution in [0.5, 0.6) is 0 Å². The molecule has 0 saturated carbocycles. The zero-order valence-electron chi connectivity index (χ0n) is 11.3. The molecule has 2 heterocycles. The van der Waals surface area contributed by atoms with Crippen LogP contribution in [0.15, 0.2) is 47.1 Å². The van der Waals surface area contributed by atoms with Gasteiger partial charge in [-0.15, -0.1) is 10.2 Å². The Hall–Kier alpha value is -2.90. The summed E-state index contributed by atoms with van der Waals surface area (Å²) in [4.78, 5) is 8.17. The fraction of sp³-hybridized carbons (Fsp3) is 0.143. The molecule has 22 heavy (non-hydrogen) atoms. The van der Waals surface area contributed by atoms with Crippen molar-refractivity contribution in [1.82, 2.24) is 20.2 Å². The summed E-state index contributed by atoms with van der Waals surface area (Å²) >= 11 is 0. The van der Waals surface area contributed by atoms with Crippen LogP contribution in [0.1, 0.15) is 17.9 Å². The number of hydrogen-bond donors (Lipinski definition) is 1. The van der Waals surface area contributed by atoms with Crippen LogP contribution in [0, 0.1) is 0 Å². The molecule has 0 spiro atoms. The zero-order chi connectivity index (χ0) is 15.4. The first kappa shape index (κ1) is 14.1. The molecular formula is C14H11F2N5O. The third-order valence-corrected chi connectivity index (χ3v) is 2.82. The first-order valence-electron chi connectivity index (χ1n) is 6.44. The Morgan fingerprint density at radius 3 is 2.41 bits per heavy atom. The number of halogens is 2. The molecule has 1 N–H and O–H groups in total. The van der Waals surface area contributed by atoms with Crippen molar-refractivity contribution in [2.24, 2.45) is 0 Å². The van der Waals surface area contributed by atoms with Gasteiger partial charge in [0.25, 0.3) is 11.8 Å². The number of benzene rings is 1. The predicted molar refractivity (Wildman–Crippen MR) is 74.0 cm³/mol. The maximum atomic E-state index is 12.4. The topological polar surface area (TPSA) is 76.7 Å². The van der Waals surface area contributed by atoms with Crippen molar-refractivity contribution in [3.05, 3.63) is 54.2 Å². The van der Waals surface area contributed by atoms with Crippen LogP contribution in [0.4, 0.5) is 14.7 Å². The number of nitrogens with zero attached hydrogens (tertiary/aromatic N) is 4. The predicted octanol–water partition coefficient (Wildman–Crippen LogP) is 3.08. The molecule has 0 aliphatic heterocycles. The molecule has 8 heteroatoms. The summed E-state index contributed by atoms with van der Waals surface area (Å²) in [6.45, 7) is 0.580. The summed E-state index contributed by atoms with van der Waals surface area (Å²) in [6.07, 6.45) is 0.0700. The molecule has 0 aliphatic carbocycles. The number of hydrogen-bond acceptors (Lipinski definition) is 6. The lowest BCUT2D eigenvalue weighted by atomic mass is 10.2. The molecule has 0 saturated heterocycles. The van der Waals surface area contributed by atoms with Gasteiger partial charge in [-0.2, -0.15) is 8.78 Å². The van der Waals surface area contributed by atoms with Gasteiger partial charge in [0.2, 0.25) is 5.95 Å². The zero-order valence-corrected chi connectivity index (χ0v) is 11.3. The van der Waals surface area contributed by atoms with E-state index in [-0.39, 0.29) is 5.89 Å². The largest absolute Gasteiger partial charge is 0.415 e. The Bertz CT molecular complexity index is 731. The summed E-state index contributed by atoms with van der Waals surface area (Å²) in [6, 6.07) is 9.78. The third-order valence-electron chi connectivity index (χ3n) is 2.82. The van der Waals surface area contributed by atoms with E-state index in [4.69, 9.17) is 4.42 Å². The van der Waals surface area contributed by atoms with E-state index in [2.05, 4.69) is 25.5 Å². The van der Waals surface area contributed by atoms with Gasteiger partial charge in [0, 0.05) is 18.9 Å². The van der Waals surface area contributed by atoms with Crippen molar-refractivity contribution in [3.63, 3.8) is 0 Å². The Balaban J connectivity index is 1.67. The van der Waals surface area contributed by atoms with E-state index >= 15 is 0 Å². The van der Waals surface area contributed by atoms with Crippen molar-refractivity contribution in [3.8, 4) is 11.5 Å². The normalized spacial score (nSPS) is 10.9. The van der Waals surface area contributed by atoms with Crippen LogP contribution in [-0.2, 0) is 6.54 Å². The van der Waals surface area contributed by atoms with Crippen molar-refractivity contribution >= 4 is 5.95 Å². The minimum atomic E-state index is -2.80. The lowest BCUT2D eigenvalue weighted by Gasteiger charge is -2.04. The van der Waals surface area contributed by atoms with Gasteiger partial charge in [-0.25, -0.2) is 9.97 Å². The van der Waals surface area contributed by atoms with E-state index in [0.29, 0.717) is 18.1 Å². The van der Waals surface area contributed by atoms with Crippen LogP contribution in [0.3, 0.4) is 0 Å². The van der Waals surface area contributed by atoms with Gasteiger partial charge in [-0.3, -0.25) is 0 Å². The Morgan fingerprint density at radius 2 is 1.77 bits per heavy atom. The number of alkyl halides is 2. The van der Waals surface area contributed by atoms with Crippen LogP contribution in [-0.4, -0.2) is 20.2 Å². The average Bonchev–Trinajstić information content (AvgIpc) is 3.05. The molecule has 112 valence electrons. The molecule has 3 rings (SSSR count). The number of aromatic nitrogens is 4. The molecule has 0 fully saturated rings. The minimum Gasteiger partial charge on any atom is -0.415 e. The van der Waals surface area contributed by atoms with Gasteiger partial charge in [-0.1, -0.05) is 30.3 Å². The second-order valence-corrected chi connectivity index (χ2v) is 4.38. The molecule has 6 nitrogen and oxygen atoms in total.